The summed E-state index contributed by atoms with van der Waals surface area (Å²) in [4.78, 5) is 14.6. The van der Waals surface area contributed by atoms with Gasteiger partial charge in [-0.3, -0.25) is 0 Å². The molecule has 1 aliphatic rings. The molecular formula is C8H7NO3S. The maximum Gasteiger partial charge on any atom is 0.509 e. The van der Waals surface area contributed by atoms with Crippen LogP contribution < -0.4 is 0 Å². The molecule has 0 amide bonds. The number of nitrogens with zero attached hydrogens (tertiary/aromatic N) is 1. The van der Waals surface area contributed by atoms with Crippen molar-refractivity contribution in [1.29, 1.82) is 0 Å². The minimum atomic E-state index is -0.603. The summed E-state index contributed by atoms with van der Waals surface area (Å²) in [7, 11) is 0. The first-order valence-electron chi connectivity index (χ1n) is 3.76. The van der Waals surface area contributed by atoms with Crippen LogP contribution in [-0.2, 0) is 9.47 Å². The maximum atomic E-state index is 10.6. The number of thioether (sulfide) groups is 1. The van der Waals surface area contributed by atoms with Gasteiger partial charge >= 0.3 is 6.16 Å². The average molecular weight is 197 g/mol. The van der Waals surface area contributed by atoms with Gasteiger partial charge in [0.05, 0.1) is 5.03 Å². The van der Waals surface area contributed by atoms with Crippen LogP contribution in [-0.4, -0.2) is 23.2 Å². The van der Waals surface area contributed by atoms with Crippen molar-refractivity contribution in [2.75, 3.05) is 6.61 Å². The fourth-order valence-electron chi connectivity index (χ4n) is 0.921. The smallest absolute Gasteiger partial charge is 0.429 e. The predicted octanol–water partition coefficient (Wildman–Crippen LogP) is 1.67. The third kappa shape index (κ3) is 2.12. The van der Waals surface area contributed by atoms with E-state index in [0.29, 0.717) is 6.61 Å². The third-order valence-electron chi connectivity index (χ3n) is 1.45. The molecule has 1 atom stereocenters. The van der Waals surface area contributed by atoms with Crippen LogP contribution in [0.3, 0.4) is 0 Å². The van der Waals surface area contributed by atoms with Crippen LogP contribution in [0.4, 0.5) is 4.79 Å². The molecule has 1 saturated heterocycles. The van der Waals surface area contributed by atoms with Crippen molar-refractivity contribution in [3.8, 4) is 0 Å². The molecule has 0 bridgehead atoms. The van der Waals surface area contributed by atoms with Gasteiger partial charge in [-0.2, -0.15) is 0 Å². The number of aromatic nitrogens is 1. The molecule has 0 saturated carbocycles. The van der Waals surface area contributed by atoms with Crippen molar-refractivity contribution in [3.63, 3.8) is 0 Å². The Hall–Kier alpha value is -1.23. The zero-order chi connectivity index (χ0) is 9.10. The Labute approximate surface area is 79.3 Å². The van der Waals surface area contributed by atoms with Crippen LogP contribution in [0.1, 0.15) is 0 Å². The number of rotatable bonds is 2. The number of cyclic esters (lactones) is 2. The molecule has 4 nitrogen and oxygen atoms in total. The molecule has 1 aromatic rings. The van der Waals surface area contributed by atoms with Crippen LogP contribution in [0.2, 0.25) is 0 Å². The highest BCUT2D eigenvalue weighted by Gasteiger charge is 2.25. The highest BCUT2D eigenvalue weighted by atomic mass is 32.2. The standard InChI is InChI=1S/C8H7NO3S/c10-8-11-5-7(12-8)13-6-3-1-2-4-9-6/h1-4,7H,5H2. The van der Waals surface area contributed by atoms with E-state index >= 15 is 0 Å². The first kappa shape index (κ1) is 8.37. The molecular weight excluding hydrogens is 190 g/mol. The Balaban J connectivity index is 1.96. The van der Waals surface area contributed by atoms with Crippen molar-refractivity contribution in [1.82, 2.24) is 4.98 Å². The minimum absolute atomic E-state index is 0.262. The van der Waals surface area contributed by atoms with Crippen LogP contribution in [0.15, 0.2) is 29.4 Å². The molecule has 5 heteroatoms. The van der Waals surface area contributed by atoms with Gasteiger partial charge in [-0.15, -0.1) is 0 Å². The summed E-state index contributed by atoms with van der Waals surface area (Å²) in [5, 5.41) is 0.825. The number of hydrogen-bond donors (Lipinski definition) is 0. The second-order valence-corrected chi connectivity index (χ2v) is 3.57. The van der Waals surface area contributed by atoms with E-state index < -0.39 is 6.16 Å². The maximum absolute atomic E-state index is 10.6. The number of ether oxygens (including phenoxy) is 2. The van der Waals surface area contributed by atoms with E-state index in [4.69, 9.17) is 4.74 Å². The zero-order valence-electron chi connectivity index (χ0n) is 6.67. The Morgan fingerprint density at radius 1 is 1.54 bits per heavy atom. The SMILES string of the molecule is O=C1OCC(Sc2ccccn2)O1. The Morgan fingerprint density at radius 2 is 2.46 bits per heavy atom. The fourth-order valence-corrected chi connectivity index (χ4v) is 1.73. The molecule has 0 spiro atoms. The Morgan fingerprint density at radius 3 is 3.08 bits per heavy atom. The van der Waals surface area contributed by atoms with Crippen molar-refractivity contribution >= 4 is 17.9 Å². The van der Waals surface area contributed by atoms with Crippen LogP contribution >= 0.6 is 11.8 Å². The van der Waals surface area contributed by atoms with Gasteiger partial charge in [-0.1, -0.05) is 17.8 Å². The predicted molar refractivity (Wildman–Crippen MR) is 46.3 cm³/mol. The lowest BCUT2D eigenvalue weighted by Crippen LogP contribution is -2.03. The lowest BCUT2D eigenvalue weighted by atomic mass is 10.5. The molecule has 0 radical (unpaired) electrons. The molecule has 68 valence electrons. The van der Waals surface area contributed by atoms with E-state index in [0.717, 1.165) is 5.03 Å². The van der Waals surface area contributed by atoms with E-state index in [1.54, 1.807) is 6.20 Å². The topological polar surface area (TPSA) is 48.4 Å². The van der Waals surface area contributed by atoms with Crippen molar-refractivity contribution in [2.45, 2.75) is 10.5 Å². The monoisotopic (exact) mass is 197 g/mol. The number of pyridine rings is 1. The minimum Gasteiger partial charge on any atom is -0.429 e. The molecule has 2 rings (SSSR count). The van der Waals surface area contributed by atoms with Gasteiger partial charge in [0.2, 0.25) is 0 Å². The normalized spacial score (nSPS) is 20.9. The fraction of sp³-hybridized carbons (Fsp3) is 0.250. The number of carbonyl (C=O) groups excluding carboxylic acids is 1. The van der Waals surface area contributed by atoms with E-state index in [1.165, 1.54) is 11.8 Å². The Bertz CT molecular complexity index is 304. The Kier molecular flexibility index (Phi) is 2.35. The molecule has 0 aliphatic carbocycles. The first-order valence-corrected chi connectivity index (χ1v) is 4.63. The van der Waals surface area contributed by atoms with Crippen molar-refractivity contribution in [3.05, 3.63) is 24.4 Å². The summed E-state index contributed by atoms with van der Waals surface area (Å²) in [5.74, 6) is 0. The quantitative estimate of drug-likeness (QED) is 0.675. The van der Waals surface area contributed by atoms with E-state index in [2.05, 4.69) is 9.72 Å². The number of hydrogen-bond acceptors (Lipinski definition) is 5. The molecule has 1 aliphatic heterocycles. The van der Waals surface area contributed by atoms with Gasteiger partial charge in [-0.05, 0) is 12.1 Å². The second kappa shape index (κ2) is 3.66. The lowest BCUT2D eigenvalue weighted by molar-refractivity contribution is 0.129. The van der Waals surface area contributed by atoms with Gasteiger partial charge in [0, 0.05) is 6.20 Å². The summed E-state index contributed by atoms with van der Waals surface area (Å²) in [6.45, 7) is 0.292. The molecule has 1 fully saturated rings. The highest BCUT2D eigenvalue weighted by Crippen LogP contribution is 2.25. The molecule has 0 N–H and O–H groups in total. The van der Waals surface area contributed by atoms with Crippen LogP contribution in [0, 0.1) is 0 Å². The lowest BCUT2D eigenvalue weighted by Gasteiger charge is -2.03. The zero-order valence-corrected chi connectivity index (χ0v) is 7.49. The van der Waals surface area contributed by atoms with Gasteiger partial charge in [0.15, 0.2) is 5.44 Å². The molecule has 1 unspecified atom stereocenters. The summed E-state index contributed by atoms with van der Waals surface area (Å²) >= 11 is 1.38. The van der Waals surface area contributed by atoms with Crippen LogP contribution in [0.25, 0.3) is 0 Å². The van der Waals surface area contributed by atoms with Crippen molar-refractivity contribution < 1.29 is 14.3 Å². The molecule has 1 aromatic heterocycles. The van der Waals surface area contributed by atoms with E-state index in [-0.39, 0.29) is 5.44 Å². The van der Waals surface area contributed by atoms with Crippen molar-refractivity contribution in [2.24, 2.45) is 0 Å². The molecule has 13 heavy (non-hydrogen) atoms. The van der Waals surface area contributed by atoms with Gasteiger partial charge in [0.25, 0.3) is 0 Å². The molecule has 2 heterocycles. The average Bonchev–Trinajstić information content (AvgIpc) is 2.53. The summed E-state index contributed by atoms with van der Waals surface area (Å²) in [6, 6.07) is 5.57. The van der Waals surface area contributed by atoms with Gasteiger partial charge < -0.3 is 9.47 Å². The first-order chi connectivity index (χ1) is 6.34. The van der Waals surface area contributed by atoms with E-state index in [1.807, 2.05) is 18.2 Å². The third-order valence-corrected chi connectivity index (χ3v) is 2.43. The largest absolute Gasteiger partial charge is 0.509 e. The highest BCUT2D eigenvalue weighted by molar-refractivity contribution is 7.99. The van der Waals surface area contributed by atoms with Gasteiger partial charge in [-0.25, -0.2) is 9.78 Å². The van der Waals surface area contributed by atoms with E-state index in [9.17, 15) is 4.79 Å². The summed E-state index contributed by atoms with van der Waals surface area (Å²) in [6.07, 6.45) is 1.09. The summed E-state index contributed by atoms with van der Waals surface area (Å²) < 4.78 is 9.45. The molecule has 0 aromatic carbocycles. The summed E-state index contributed by atoms with van der Waals surface area (Å²) in [5.41, 5.74) is -0.262. The van der Waals surface area contributed by atoms with Crippen LogP contribution in [0.5, 0.6) is 0 Å². The number of carbonyl (C=O) groups is 1. The second-order valence-electron chi connectivity index (χ2n) is 2.39. The van der Waals surface area contributed by atoms with Gasteiger partial charge in [0.1, 0.15) is 6.61 Å².